The molecule has 11 heavy (non-hydrogen) atoms. The third kappa shape index (κ3) is 1.91. The van der Waals surface area contributed by atoms with E-state index < -0.39 is 0 Å². The summed E-state index contributed by atoms with van der Waals surface area (Å²) in [6.07, 6.45) is 4.43. The monoisotopic (exact) mass is 152 g/mol. The van der Waals surface area contributed by atoms with Crippen LogP contribution in [0.3, 0.4) is 0 Å². The quantitative estimate of drug-likeness (QED) is 0.648. The summed E-state index contributed by atoms with van der Waals surface area (Å²) >= 11 is 0. The van der Waals surface area contributed by atoms with Crippen molar-refractivity contribution < 1.29 is 9.47 Å². The van der Waals surface area contributed by atoms with Gasteiger partial charge in [-0.15, -0.1) is 0 Å². The molecule has 0 saturated carbocycles. The van der Waals surface area contributed by atoms with Crippen molar-refractivity contribution in [1.82, 2.24) is 4.98 Å². The van der Waals surface area contributed by atoms with Crippen LogP contribution in [0.2, 0.25) is 0 Å². The number of pyridine rings is 1. The summed E-state index contributed by atoms with van der Waals surface area (Å²) in [4.78, 5) is 3.83. The Morgan fingerprint density at radius 2 is 2.36 bits per heavy atom. The lowest BCUT2D eigenvalue weighted by molar-refractivity contribution is 0.181. The maximum absolute atomic E-state index is 5.05. The molecular formula is C8H10NO2. The molecule has 0 aliphatic heterocycles. The number of ether oxygens (including phenoxy) is 2. The van der Waals surface area contributed by atoms with Gasteiger partial charge in [-0.1, -0.05) is 0 Å². The molecule has 1 radical (unpaired) electrons. The number of hydrogen-bond acceptors (Lipinski definition) is 3. The van der Waals surface area contributed by atoms with E-state index in [-0.39, 0.29) is 0 Å². The molecule has 59 valence electrons. The first kappa shape index (κ1) is 8.01. The first-order valence-electron chi connectivity index (χ1n) is 3.27. The van der Waals surface area contributed by atoms with Gasteiger partial charge >= 0.3 is 0 Å². The largest absolute Gasteiger partial charge is 0.496 e. The molecule has 0 aliphatic rings. The molecule has 0 saturated heterocycles. The van der Waals surface area contributed by atoms with Gasteiger partial charge in [0.25, 0.3) is 0 Å². The molecule has 1 heterocycles. The summed E-state index contributed by atoms with van der Waals surface area (Å²) in [7, 11) is 3.24. The maximum atomic E-state index is 5.05. The highest BCUT2D eigenvalue weighted by molar-refractivity contribution is 5.28. The first-order valence-corrected chi connectivity index (χ1v) is 3.27. The van der Waals surface area contributed by atoms with Crippen LogP contribution in [0, 0.1) is 6.20 Å². The van der Waals surface area contributed by atoms with Gasteiger partial charge in [-0.05, 0) is 6.07 Å². The van der Waals surface area contributed by atoms with Gasteiger partial charge in [0.15, 0.2) is 0 Å². The van der Waals surface area contributed by atoms with Crippen molar-refractivity contribution in [3.05, 3.63) is 24.0 Å². The van der Waals surface area contributed by atoms with Crippen LogP contribution in [0.4, 0.5) is 0 Å². The molecule has 0 aliphatic carbocycles. The number of rotatable bonds is 3. The molecule has 0 amide bonds. The molecular weight excluding hydrogens is 142 g/mol. The lowest BCUT2D eigenvalue weighted by Crippen LogP contribution is -1.94. The Hall–Kier alpha value is -1.09. The molecule has 0 fully saturated rings. The Morgan fingerprint density at radius 1 is 1.55 bits per heavy atom. The van der Waals surface area contributed by atoms with Crippen molar-refractivity contribution in [3.8, 4) is 5.75 Å². The summed E-state index contributed by atoms with van der Waals surface area (Å²) in [5.41, 5.74) is 0.845. The Balaban J connectivity index is 2.83. The second-order valence-corrected chi connectivity index (χ2v) is 2.04. The van der Waals surface area contributed by atoms with E-state index in [0.717, 1.165) is 11.3 Å². The van der Waals surface area contributed by atoms with Gasteiger partial charge in [0.1, 0.15) is 5.75 Å². The van der Waals surface area contributed by atoms with E-state index in [1.807, 2.05) is 0 Å². The van der Waals surface area contributed by atoms with E-state index >= 15 is 0 Å². The van der Waals surface area contributed by atoms with Crippen LogP contribution < -0.4 is 4.74 Å². The first-order chi connectivity index (χ1) is 5.38. The van der Waals surface area contributed by atoms with Crippen molar-refractivity contribution in [1.29, 1.82) is 0 Å². The molecule has 1 aromatic rings. The second-order valence-electron chi connectivity index (χ2n) is 2.04. The molecule has 0 bridgehead atoms. The zero-order valence-electron chi connectivity index (χ0n) is 6.63. The van der Waals surface area contributed by atoms with Gasteiger partial charge in [0.2, 0.25) is 0 Å². The fourth-order valence-corrected chi connectivity index (χ4v) is 0.815. The average Bonchev–Trinajstić information content (AvgIpc) is 2.06. The summed E-state index contributed by atoms with van der Waals surface area (Å²) in [6, 6.07) is 1.78. The van der Waals surface area contributed by atoms with Crippen LogP contribution in [0.1, 0.15) is 5.56 Å². The van der Waals surface area contributed by atoms with Gasteiger partial charge in [-0.3, -0.25) is 4.98 Å². The summed E-state index contributed by atoms with van der Waals surface area (Å²) in [6.45, 7) is 0.483. The van der Waals surface area contributed by atoms with Gasteiger partial charge in [0.05, 0.1) is 19.9 Å². The normalized spacial score (nSPS) is 9.64. The van der Waals surface area contributed by atoms with Crippen LogP contribution in [0.25, 0.3) is 0 Å². The van der Waals surface area contributed by atoms with Gasteiger partial charge < -0.3 is 9.47 Å². The molecule has 3 nitrogen and oxygen atoms in total. The number of nitrogens with zero attached hydrogens (tertiary/aromatic N) is 1. The highest BCUT2D eigenvalue weighted by Gasteiger charge is 2.00. The van der Waals surface area contributed by atoms with Gasteiger partial charge in [0, 0.05) is 18.9 Å². The van der Waals surface area contributed by atoms with E-state index in [0.29, 0.717) is 6.61 Å². The van der Waals surface area contributed by atoms with Gasteiger partial charge in [-0.25, -0.2) is 0 Å². The highest BCUT2D eigenvalue weighted by Crippen LogP contribution is 2.15. The Morgan fingerprint density at radius 3 is 3.00 bits per heavy atom. The minimum absolute atomic E-state index is 0.483. The Labute approximate surface area is 66.0 Å². The number of aromatic nitrogens is 1. The third-order valence-corrected chi connectivity index (χ3v) is 1.31. The molecule has 3 heteroatoms. The van der Waals surface area contributed by atoms with E-state index in [1.165, 1.54) is 0 Å². The van der Waals surface area contributed by atoms with Gasteiger partial charge in [-0.2, -0.15) is 0 Å². The fraction of sp³-hybridized carbons (Fsp3) is 0.375. The maximum Gasteiger partial charge on any atom is 0.128 e. The topological polar surface area (TPSA) is 31.4 Å². The zero-order chi connectivity index (χ0) is 8.10. The zero-order valence-corrected chi connectivity index (χ0v) is 6.63. The van der Waals surface area contributed by atoms with Crippen LogP contribution in [0.15, 0.2) is 12.3 Å². The number of methoxy groups -OCH3 is 2. The predicted octanol–water partition coefficient (Wildman–Crippen LogP) is 1.04. The standard InChI is InChI=1S/C8H10NO2/c1-10-6-7-5-9-4-3-8(7)11-2/h3-4H,6H2,1-2H3. The van der Waals surface area contributed by atoms with Crippen molar-refractivity contribution >= 4 is 0 Å². The average molecular weight is 152 g/mol. The van der Waals surface area contributed by atoms with Crippen LogP contribution in [-0.4, -0.2) is 19.2 Å². The number of hydrogen-bond donors (Lipinski definition) is 0. The Kier molecular flexibility index (Phi) is 2.86. The van der Waals surface area contributed by atoms with E-state index in [2.05, 4.69) is 11.2 Å². The van der Waals surface area contributed by atoms with Crippen LogP contribution in [-0.2, 0) is 11.3 Å². The molecule has 1 aromatic heterocycles. The fourth-order valence-electron chi connectivity index (χ4n) is 0.815. The van der Waals surface area contributed by atoms with Crippen molar-refractivity contribution in [3.63, 3.8) is 0 Å². The SMILES string of the molecule is COCc1[c]nccc1OC. The van der Waals surface area contributed by atoms with E-state index in [1.54, 1.807) is 26.5 Å². The molecule has 0 N–H and O–H groups in total. The Bertz CT molecular complexity index is 225. The minimum Gasteiger partial charge on any atom is -0.496 e. The molecule has 0 spiro atoms. The van der Waals surface area contributed by atoms with Crippen molar-refractivity contribution in [2.45, 2.75) is 6.61 Å². The second kappa shape index (κ2) is 3.93. The van der Waals surface area contributed by atoms with E-state index in [9.17, 15) is 0 Å². The van der Waals surface area contributed by atoms with Crippen LogP contribution in [0.5, 0.6) is 5.75 Å². The van der Waals surface area contributed by atoms with Crippen molar-refractivity contribution in [2.75, 3.05) is 14.2 Å². The van der Waals surface area contributed by atoms with E-state index in [4.69, 9.17) is 9.47 Å². The summed E-state index contributed by atoms with van der Waals surface area (Å²) in [5.74, 6) is 0.766. The molecule has 0 unspecified atom stereocenters. The summed E-state index contributed by atoms with van der Waals surface area (Å²) in [5, 5.41) is 0. The van der Waals surface area contributed by atoms with Crippen molar-refractivity contribution in [2.24, 2.45) is 0 Å². The molecule has 0 aromatic carbocycles. The smallest absolute Gasteiger partial charge is 0.128 e. The minimum atomic E-state index is 0.483. The lowest BCUT2D eigenvalue weighted by atomic mass is 10.3. The third-order valence-electron chi connectivity index (χ3n) is 1.31. The molecule has 1 rings (SSSR count). The highest BCUT2D eigenvalue weighted by atomic mass is 16.5. The summed E-state index contributed by atoms with van der Waals surface area (Å²) < 4.78 is 9.97. The molecule has 0 atom stereocenters. The predicted molar refractivity (Wildman–Crippen MR) is 40.3 cm³/mol. The van der Waals surface area contributed by atoms with Crippen LogP contribution >= 0.6 is 0 Å². The lowest BCUT2D eigenvalue weighted by Gasteiger charge is -2.04.